The summed E-state index contributed by atoms with van der Waals surface area (Å²) < 4.78 is 24.3. The summed E-state index contributed by atoms with van der Waals surface area (Å²) in [5, 5.41) is 6.15. The number of nitrogens with zero attached hydrogens (tertiary/aromatic N) is 2. The lowest BCUT2D eigenvalue weighted by molar-refractivity contribution is 0.589. The van der Waals surface area contributed by atoms with Crippen LogP contribution in [0.15, 0.2) is 6.33 Å². The van der Waals surface area contributed by atoms with Crippen LogP contribution in [0.25, 0.3) is 0 Å². The maximum Gasteiger partial charge on any atom is 0.208 e. The minimum Gasteiger partial charge on any atom is -0.373 e. The van der Waals surface area contributed by atoms with Gasteiger partial charge in [-0.3, -0.25) is 0 Å². The molecule has 8 heteroatoms. The highest BCUT2D eigenvalue weighted by molar-refractivity contribution is 7.88. The molecule has 1 heterocycles. The van der Waals surface area contributed by atoms with Crippen molar-refractivity contribution < 1.29 is 8.42 Å². The molecule has 0 saturated heterocycles. The van der Waals surface area contributed by atoms with Gasteiger partial charge in [-0.1, -0.05) is 13.8 Å². The van der Waals surface area contributed by atoms with E-state index in [1.54, 1.807) is 0 Å². The van der Waals surface area contributed by atoms with E-state index >= 15 is 0 Å². The zero-order chi connectivity index (χ0) is 14.5. The molecule has 0 aliphatic carbocycles. The van der Waals surface area contributed by atoms with E-state index in [4.69, 9.17) is 0 Å². The third kappa shape index (κ3) is 4.99. The van der Waals surface area contributed by atoms with Gasteiger partial charge in [0.25, 0.3) is 0 Å². The van der Waals surface area contributed by atoms with Gasteiger partial charge in [0.15, 0.2) is 0 Å². The summed E-state index contributed by atoms with van der Waals surface area (Å²) in [4.78, 5) is 8.38. The number of nitrogens with one attached hydrogen (secondary N) is 3. The molecule has 0 aliphatic rings. The summed E-state index contributed by atoms with van der Waals surface area (Å²) in [6.07, 6.45) is 2.61. The van der Waals surface area contributed by atoms with Gasteiger partial charge in [-0.15, -0.1) is 0 Å². The van der Waals surface area contributed by atoms with Gasteiger partial charge in [-0.25, -0.2) is 23.1 Å². The number of rotatable bonds is 7. The van der Waals surface area contributed by atoms with E-state index in [-0.39, 0.29) is 5.92 Å². The van der Waals surface area contributed by atoms with E-state index in [1.807, 2.05) is 7.05 Å². The first kappa shape index (κ1) is 15.6. The van der Waals surface area contributed by atoms with Crippen LogP contribution < -0.4 is 15.4 Å². The van der Waals surface area contributed by atoms with Crippen LogP contribution in [0.5, 0.6) is 0 Å². The molecule has 1 aromatic heterocycles. The van der Waals surface area contributed by atoms with Crippen molar-refractivity contribution in [3.8, 4) is 0 Å². The van der Waals surface area contributed by atoms with Crippen molar-refractivity contribution >= 4 is 21.7 Å². The Balaban J connectivity index is 2.73. The van der Waals surface area contributed by atoms with Gasteiger partial charge in [-0.2, -0.15) is 0 Å². The van der Waals surface area contributed by atoms with Crippen LogP contribution in [-0.4, -0.2) is 44.8 Å². The van der Waals surface area contributed by atoms with Gasteiger partial charge in [0, 0.05) is 25.7 Å². The van der Waals surface area contributed by atoms with Crippen LogP contribution >= 0.6 is 0 Å². The molecule has 0 radical (unpaired) electrons. The fraction of sp³-hybridized carbons (Fsp3) is 0.636. The van der Waals surface area contributed by atoms with Gasteiger partial charge in [0.1, 0.15) is 18.0 Å². The monoisotopic (exact) mass is 287 g/mol. The van der Waals surface area contributed by atoms with E-state index in [0.717, 1.165) is 23.5 Å². The first-order chi connectivity index (χ1) is 8.85. The molecule has 0 fully saturated rings. The molecule has 19 heavy (non-hydrogen) atoms. The molecular formula is C11H21N5O2S. The highest BCUT2D eigenvalue weighted by Gasteiger charge is 2.13. The standard InChI is InChI=1S/C11H21N5O2S/c1-8(2)9-10(12-3)14-7-15-11(9)13-5-6-16-19(4,17)18/h7-8,16H,5-6H2,1-4H3,(H2,12,13,14,15). The normalized spacial score (nSPS) is 11.6. The quantitative estimate of drug-likeness (QED) is 0.636. The zero-order valence-corrected chi connectivity index (χ0v) is 12.5. The highest BCUT2D eigenvalue weighted by Crippen LogP contribution is 2.27. The molecule has 0 unspecified atom stereocenters. The molecule has 1 rings (SSSR count). The highest BCUT2D eigenvalue weighted by atomic mass is 32.2. The van der Waals surface area contributed by atoms with Crippen LogP contribution in [0, 0.1) is 0 Å². The largest absolute Gasteiger partial charge is 0.373 e. The number of anilines is 2. The fourth-order valence-corrected chi connectivity index (χ4v) is 2.17. The third-order valence-corrected chi connectivity index (χ3v) is 3.21. The molecule has 1 aromatic rings. The zero-order valence-electron chi connectivity index (χ0n) is 11.7. The van der Waals surface area contributed by atoms with Crippen LogP contribution in [0.3, 0.4) is 0 Å². The lowest BCUT2D eigenvalue weighted by atomic mass is 10.0. The maximum absolute atomic E-state index is 10.9. The van der Waals surface area contributed by atoms with E-state index in [0.29, 0.717) is 13.1 Å². The van der Waals surface area contributed by atoms with Crippen LogP contribution in [0.1, 0.15) is 25.3 Å². The summed E-state index contributed by atoms with van der Waals surface area (Å²) in [6, 6.07) is 0. The maximum atomic E-state index is 10.9. The Morgan fingerprint density at radius 3 is 2.37 bits per heavy atom. The van der Waals surface area contributed by atoms with Crippen molar-refractivity contribution in [1.82, 2.24) is 14.7 Å². The summed E-state index contributed by atoms with van der Waals surface area (Å²) in [5.74, 6) is 1.77. The number of hydrogen-bond acceptors (Lipinski definition) is 6. The molecular weight excluding hydrogens is 266 g/mol. The van der Waals surface area contributed by atoms with Gasteiger partial charge in [-0.05, 0) is 5.92 Å². The van der Waals surface area contributed by atoms with Gasteiger partial charge < -0.3 is 10.6 Å². The minimum absolute atomic E-state index is 0.258. The molecule has 0 aliphatic heterocycles. The van der Waals surface area contributed by atoms with E-state index in [1.165, 1.54) is 6.33 Å². The predicted octanol–water partition coefficient (Wildman–Crippen LogP) is 0.603. The van der Waals surface area contributed by atoms with Gasteiger partial charge in [0.2, 0.25) is 10.0 Å². The first-order valence-electron chi connectivity index (χ1n) is 6.06. The average molecular weight is 287 g/mol. The molecule has 0 spiro atoms. The Hall–Kier alpha value is -1.41. The third-order valence-electron chi connectivity index (χ3n) is 2.48. The van der Waals surface area contributed by atoms with Crippen LogP contribution in [0.4, 0.5) is 11.6 Å². The average Bonchev–Trinajstić information content (AvgIpc) is 2.32. The van der Waals surface area contributed by atoms with Crippen molar-refractivity contribution in [2.24, 2.45) is 0 Å². The Morgan fingerprint density at radius 2 is 1.84 bits per heavy atom. The van der Waals surface area contributed by atoms with Crippen LogP contribution in [0.2, 0.25) is 0 Å². The second-order valence-electron chi connectivity index (χ2n) is 4.48. The Kier molecular flexibility index (Phi) is 5.49. The summed E-state index contributed by atoms with van der Waals surface area (Å²) in [7, 11) is -1.34. The van der Waals surface area contributed by atoms with E-state index in [9.17, 15) is 8.42 Å². The lowest BCUT2D eigenvalue weighted by Crippen LogP contribution is -2.28. The van der Waals surface area contributed by atoms with E-state index in [2.05, 4.69) is 39.2 Å². The lowest BCUT2D eigenvalue weighted by Gasteiger charge is -2.16. The van der Waals surface area contributed by atoms with Crippen LogP contribution in [-0.2, 0) is 10.0 Å². The second-order valence-corrected chi connectivity index (χ2v) is 6.32. The molecule has 3 N–H and O–H groups in total. The first-order valence-corrected chi connectivity index (χ1v) is 7.95. The molecule has 0 saturated carbocycles. The van der Waals surface area contributed by atoms with Crippen molar-refractivity contribution in [2.75, 3.05) is 37.0 Å². The Morgan fingerprint density at radius 1 is 1.21 bits per heavy atom. The van der Waals surface area contributed by atoms with Crippen molar-refractivity contribution in [3.05, 3.63) is 11.9 Å². The minimum atomic E-state index is -3.15. The topological polar surface area (TPSA) is 96.0 Å². The van der Waals surface area contributed by atoms with Crippen molar-refractivity contribution in [1.29, 1.82) is 0 Å². The molecule has 0 bridgehead atoms. The molecule has 0 atom stereocenters. The van der Waals surface area contributed by atoms with Crippen molar-refractivity contribution in [2.45, 2.75) is 19.8 Å². The second kappa shape index (κ2) is 6.67. The smallest absolute Gasteiger partial charge is 0.208 e. The fourth-order valence-electron chi connectivity index (χ4n) is 1.70. The van der Waals surface area contributed by atoms with Crippen molar-refractivity contribution in [3.63, 3.8) is 0 Å². The Labute approximate surface area is 114 Å². The van der Waals surface area contributed by atoms with E-state index < -0.39 is 10.0 Å². The molecule has 108 valence electrons. The summed E-state index contributed by atoms with van der Waals surface area (Å²) >= 11 is 0. The molecule has 0 aromatic carbocycles. The number of sulfonamides is 1. The SMILES string of the molecule is CNc1ncnc(NCCNS(C)(=O)=O)c1C(C)C. The summed E-state index contributed by atoms with van der Waals surface area (Å²) in [6.45, 7) is 4.89. The number of hydrogen-bond donors (Lipinski definition) is 3. The van der Waals surface area contributed by atoms with Gasteiger partial charge >= 0.3 is 0 Å². The predicted molar refractivity (Wildman–Crippen MR) is 77.0 cm³/mol. The Bertz CT molecular complexity index is 516. The van der Waals surface area contributed by atoms with Gasteiger partial charge in [0.05, 0.1) is 6.26 Å². The molecule has 7 nitrogen and oxygen atoms in total. The number of aromatic nitrogens is 2. The summed E-state index contributed by atoms with van der Waals surface area (Å²) in [5.41, 5.74) is 0.990. The molecule has 0 amide bonds.